The standard InChI is InChI=1S/C26H24N2O4/c1-32-21-10-7-19(8-11-21)17-28-24(20-13-15-27-16-14-20)23(25(30)26(28)31)22(29)12-9-18-5-3-2-4-6-18/h2-8,10-11,13-16,24,30H,9,12,17H2,1H3. The van der Waals surface area contributed by atoms with Crippen molar-refractivity contribution in [2.24, 2.45) is 0 Å². The summed E-state index contributed by atoms with van der Waals surface area (Å²) in [5.74, 6) is -0.548. The largest absolute Gasteiger partial charge is 0.503 e. The summed E-state index contributed by atoms with van der Waals surface area (Å²) in [5, 5.41) is 10.7. The molecule has 1 N–H and O–H groups in total. The number of nitrogens with zero attached hydrogens (tertiary/aromatic N) is 2. The number of rotatable bonds is 8. The molecule has 0 spiro atoms. The van der Waals surface area contributed by atoms with Gasteiger partial charge in [0.2, 0.25) is 0 Å². The van der Waals surface area contributed by atoms with Crippen molar-refractivity contribution >= 4 is 11.7 Å². The van der Waals surface area contributed by atoms with E-state index in [-0.39, 0.29) is 24.3 Å². The summed E-state index contributed by atoms with van der Waals surface area (Å²) in [5.41, 5.74) is 2.77. The third-order valence-electron chi connectivity index (χ3n) is 5.62. The number of benzene rings is 2. The zero-order chi connectivity index (χ0) is 22.5. The number of methoxy groups -OCH3 is 1. The summed E-state index contributed by atoms with van der Waals surface area (Å²) in [6.07, 6.45) is 3.97. The molecule has 4 rings (SSSR count). The molecule has 1 aliphatic heterocycles. The second-order valence-electron chi connectivity index (χ2n) is 7.64. The zero-order valence-corrected chi connectivity index (χ0v) is 17.8. The highest BCUT2D eigenvalue weighted by Gasteiger charge is 2.43. The number of ketones is 1. The van der Waals surface area contributed by atoms with Crippen molar-refractivity contribution in [2.45, 2.75) is 25.4 Å². The van der Waals surface area contributed by atoms with Gasteiger partial charge in [-0.2, -0.15) is 0 Å². The molecule has 1 amide bonds. The second-order valence-corrected chi connectivity index (χ2v) is 7.64. The van der Waals surface area contributed by atoms with E-state index < -0.39 is 17.7 Å². The zero-order valence-electron chi connectivity index (χ0n) is 17.8. The van der Waals surface area contributed by atoms with Crippen LogP contribution in [-0.2, 0) is 22.6 Å². The molecule has 1 unspecified atom stereocenters. The maximum absolute atomic E-state index is 13.2. The van der Waals surface area contributed by atoms with E-state index in [0.717, 1.165) is 16.7 Å². The fourth-order valence-electron chi connectivity index (χ4n) is 3.96. The van der Waals surface area contributed by atoms with E-state index in [9.17, 15) is 14.7 Å². The number of amides is 1. The minimum atomic E-state index is -0.670. The Kier molecular flexibility index (Phi) is 6.31. The van der Waals surface area contributed by atoms with Crippen molar-refractivity contribution in [3.05, 3.63) is 107 Å². The van der Waals surface area contributed by atoms with Crippen LogP contribution in [0.1, 0.15) is 29.2 Å². The van der Waals surface area contributed by atoms with E-state index in [1.807, 2.05) is 54.6 Å². The topological polar surface area (TPSA) is 79.7 Å². The van der Waals surface area contributed by atoms with Crippen LogP contribution >= 0.6 is 0 Å². The Morgan fingerprint density at radius 1 is 1.00 bits per heavy atom. The summed E-state index contributed by atoms with van der Waals surface area (Å²) in [7, 11) is 1.59. The maximum Gasteiger partial charge on any atom is 0.290 e. The fourth-order valence-corrected chi connectivity index (χ4v) is 3.96. The summed E-state index contributed by atoms with van der Waals surface area (Å²) in [4.78, 5) is 31.8. The quantitative estimate of drug-likeness (QED) is 0.582. The number of carbonyl (C=O) groups is 2. The van der Waals surface area contributed by atoms with Gasteiger partial charge in [0.15, 0.2) is 11.5 Å². The molecular weight excluding hydrogens is 404 g/mol. The third kappa shape index (κ3) is 4.39. The molecule has 1 aromatic heterocycles. The highest BCUT2D eigenvalue weighted by molar-refractivity contribution is 6.09. The molecule has 3 aromatic rings. The summed E-state index contributed by atoms with van der Waals surface area (Å²) in [6, 6.07) is 19.9. The molecular formula is C26H24N2O4. The summed E-state index contributed by atoms with van der Waals surface area (Å²) < 4.78 is 5.20. The number of hydrogen-bond donors (Lipinski definition) is 1. The van der Waals surface area contributed by atoms with Crippen LogP contribution in [0.2, 0.25) is 0 Å². The Balaban J connectivity index is 1.63. The molecule has 2 aromatic carbocycles. The van der Waals surface area contributed by atoms with Gasteiger partial charge >= 0.3 is 0 Å². The smallest absolute Gasteiger partial charge is 0.290 e. The van der Waals surface area contributed by atoms with Crippen molar-refractivity contribution in [1.29, 1.82) is 0 Å². The number of pyridine rings is 1. The Morgan fingerprint density at radius 3 is 2.34 bits per heavy atom. The van der Waals surface area contributed by atoms with Crippen molar-refractivity contribution in [2.75, 3.05) is 7.11 Å². The van der Waals surface area contributed by atoms with Gasteiger partial charge in [-0.15, -0.1) is 0 Å². The number of aromatic nitrogens is 1. The first-order chi connectivity index (χ1) is 15.6. The van der Waals surface area contributed by atoms with Crippen LogP contribution in [0.15, 0.2) is 90.5 Å². The van der Waals surface area contributed by atoms with Crippen LogP contribution in [0.3, 0.4) is 0 Å². The fraction of sp³-hybridized carbons (Fsp3) is 0.192. The number of aliphatic hydroxyl groups excluding tert-OH is 1. The number of hydrogen-bond acceptors (Lipinski definition) is 5. The highest BCUT2D eigenvalue weighted by Crippen LogP contribution is 2.39. The lowest BCUT2D eigenvalue weighted by molar-refractivity contribution is -0.130. The number of carbonyl (C=O) groups excluding carboxylic acids is 2. The molecule has 0 fully saturated rings. The van der Waals surface area contributed by atoms with Crippen LogP contribution < -0.4 is 4.74 Å². The molecule has 0 bridgehead atoms. The van der Waals surface area contributed by atoms with Crippen molar-refractivity contribution in [1.82, 2.24) is 9.88 Å². The average Bonchev–Trinajstić information content (AvgIpc) is 3.09. The van der Waals surface area contributed by atoms with Gasteiger partial charge in [-0.3, -0.25) is 14.6 Å². The number of aryl methyl sites for hydroxylation is 1. The van der Waals surface area contributed by atoms with Crippen LogP contribution in [0.4, 0.5) is 0 Å². The Labute approximate surface area is 186 Å². The van der Waals surface area contributed by atoms with Gasteiger partial charge < -0.3 is 14.7 Å². The molecule has 0 saturated heterocycles. The molecule has 0 aliphatic carbocycles. The first-order valence-corrected chi connectivity index (χ1v) is 10.4. The van der Waals surface area contributed by atoms with E-state index in [2.05, 4.69) is 4.98 Å². The molecule has 32 heavy (non-hydrogen) atoms. The van der Waals surface area contributed by atoms with Gasteiger partial charge in [0.25, 0.3) is 5.91 Å². The van der Waals surface area contributed by atoms with E-state index in [1.165, 1.54) is 4.90 Å². The molecule has 6 heteroatoms. The van der Waals surface area contributed by atoms with Crippen molar-refractivity contribution < 1.29 is 19.4 Å². The van der Waals surface area contributed by atoms with Gasteiger partial charge in [-0.05, 0) is 47.4 Å². The number of ether oxygens (including phenoxy) is 1. The van der Waals surface area contributed by atoms with E-state index in [1.54, 1.807) is 31.6 Å². The minimum absolute atomic E-state index is 0.144. The van der Waals surface area contributed by atoms with Crippen molar-refractivity contribution in [3.8, 4) is 5.75 Å². The molecule has 1 aliphatic rings. The SMILES string of the molecule is COc1ccc(CN2C(=O)C(O)=C(C(=O)CCc3ccccc3)C2c2ccncc2)cc1. The first-order valence-electron chi connectivity index (χ1n) is 10.4. The van der Waals surface area contributed by atoms with Gasteiger partial charge in [0.05, 0.1) is 18.7 Å². The molecule has 0 radical (unpaired) electrons. The third-order valence-corrected chi connectivity index (χ3v) is 5.62. The van der Waals surface area contributed by atoms with Crippen molar-refractivity contribution in [3.63, 3.8) is 0 Å². The number of aliphatic hydroxyl groups is 1. The van der Waals surface area contributed by atoms with Crippen LogP contribution in [0.5, 0.6) is 5.75 Å². The summed E-state index contributed by atoms with van der Waals surface area (Å²) >= 11 is 0. The second kappa shape index (κ2) is 9.47. The molecule has 0 saturated carbocycles. The van der Waals surface area contributed by atoms with Gasteiger partial charge in [-0.25, -0.2) is 0 Å². The number of Topliss-reactive ketones (excluding diaryl/α,β-unsaturated/α-hetero) is 1. The maximum atomic E-state index is 13.2. The first kappa shape index (κ1) is 21.3. The average molecular weight is 428 g/mol. The normalized spacial score (nSPS) is 15.8. The minimum Gasteiger partial charge on any atom is -0.503 e. The van der Waals surface area contributed by atoms with Crippen LogP contribution in [0.25, 0.3) is 0 Å². The lowest BCUT2D eigenvalue weighted by atomic mass is 9.93. The van der Waals surface area contributed by atoms with Gasteiger partial charge in [-0.1, -0.05) is 42.5 Å². The lowest BCUT2D eigenvalue weighted by Crippen LogP contribution is -2.30. The molecule has 162 valence electrons. The van der Waals surface area contributed by atoms with E-state index >= 15 is 0 Å². The Morgan fingerprint density at radius 2 is 1.69 bits per heavy atom. The summed E-state index contributed by atoms with van der Waals surface area (Å²) in [6.45, 7) is 0.245. The molecule has 6 nitrogen and oxygen atoms in total. The Bertz CT molecular complexity index is 1130. The monoisotopic (exact) mass is 428 g/mol. The lowest BCUT2D eigenvalue weighted by Gasteiger charge is -2.27. The van der Waals surface area contributed by atoms with Crippen LogP contribution in [-0.4, -0.2) is 33.8 Å². The predicted molar refractivity (Wildman–Crippen MR) is 120 cm³/mol. The Hall–Kier alpha value is -3.93. The van der Waals surface area contributed by atoms with Gasteiger partial charge in [0, 0.05) is 25.4 Å². The van der Waals surface area contributed by atoms with Crippen LogP contribution in [0, 0.1) is 0 Å². The van der Waals surface area contributed by atoms with E-state index in [4.69, 9.17) is 4.74 Å². The van der Waals surface area contributed by atoms with E-state index in [0.29, 0.717) is 12.2 Å². The van der Waals surface area contributed by atoms with Gasteiger partial charge in [0.1, 0.15) is 5.75 Å². The highest BCUT2D eigenvalue weighted by atomic mass is 16.5. The predicted octanol–water partition coefficient (Wildman–Crippen LogP) is 4.19. The molecule has 1 atom stereocenters. The molecule has 2 heterocycles.